The molecular formula is C11H22Br2O2S. The van der Waals surface area contributed by atoms with Gasteiger partial charge in [-0.2, -0.15) is 0 Å². The molecule has 0 bridgehead atoms. The summed E-state index contributed by atoms with van der Waals surface area (Å²) in [5.41, 5.74) is 0. The van der Waals surface area contributed by atoms with E-state index in [1.165, 1.54) is 32.1 Å². The lowest BCUT2D eigenvalue weighted by molar-refractivity contribution is 0.574. The normalized spacial score (nSPS) is 12.2. The average Bonchev–Trinajstić information content (AvgIpc) is 2.21. The van der Waals surface area contributed by atoms with Crippen LogP contribution in [0.25, 0.3) is 0 Å². The Kier molecular flexibility index (Phi) is 10.5. The summed E-state index contributed by atoms with van der Waals surface area (Å²) >= 11 is 6.07. The van der Waals surface area contributed by atoms with Gasteiger partial charge < -0.3 is 0 Å². The van der Waals surface area contributed by atoms with Gasteiger partial charge in [-0.15, -0.1) is 0 Å². The fourth-order valence-electron chi connectivity index (χ4n) is 1.53. The Labute approximate surface area is 117 Å². The maximum absolute atomic E-state index is 11.4. The molecule has 98 valence electrons. The second kappa shape index (κ2) is 9.89. The molecule has 0 fully saturated rings. The van der Waals surface area contributed by atoms with Crippen molar-refractivity contribution in [3.63, 3.8) is 0 Å². The zero-order valence-corrected chi connectivity index (χ0v) is 13.9. The first-order valence-electron chi connectivity index (χ1n) is 6.00. The van der Waals surface area contributed by atoms with Gasteiger partial charge in [-0.05, 0) is 6.42 Å². The van der Waals surface area contributed by atoms with Gasteiger partial charge in [0.1, 0.15) is 0 Å². The number of halogens is 2. The molecule has 0 aliphatic rings. The van der Waals surface area contributed by atoms with Gasteiger partial charge in [-0.3, -0.25) is 0 Å². The van der Waals surface area contributed by atoms with E-state index in [0.29, 0.717) is 0 Å². The lowest BCUT2D eigenvalue weighted by Gasteiger charge is -2.04. The quantitative estimate of drug-likeness (QED) is 0.411. The minimum atomic E-state index is -2.97. The van der Waals surface area contributed by atoms with Crippen molar-refractivity contribution in [3.8, 4) is 0 Å². The molecule has 0 atom stereocenters. The highest BCUT2D eigenvalue weighted by atomic mass is 79.9. The minimum absolute atomic E-state index is 0.281. The van der Waals surface area contributed by atoms with E-state index in [1.807, 2.05) is 0 Å². The van der Waals surface area contributed by atoms with Crippen molar-refractivity contribution in [3.05, 3.63) is 0 Å². The summed E-state index contributed by atoms with van der Waals surface area (Å²) in [5.74, 6) is 0.281. The monoisotopic (exact) mass is 376 g/mol. The zero-order chi connectivity index (χ0) is 12.4. The van der Waals surface area contributed by atoms with Gasteiger partial charge in [0.2, 0.25) is 0 Å². The van der Waals surface area contributed by atoms with Crippen molar-refractivity contribution in [2.45, 2.75) is 61.4 Å². The maximum atomic E-state index is 11.4. The summed E-state index contributed by atoms with van der Waals surface area (Å²) in [5, 5.41) is 0. The van der Waals surface area contributed by atoms with E-state index in [2.05, 4.69) is 38.8 Å². The molecule has 0 aromatic heterocycles. The van der Waals surface area contributed by atoms with E-state index in [1.54, 1.807) is 0 Å². The van der Waals surface area contributed by atoms with Crippen molar-refractivity contribution in [1.82, 2.24) is 0 Å². The molecule has 0 radical (unpaired) electrons. The molecule has 0 saturated carbocycles. The topological polar surface area (TPSA) is 34.1 Å². The Bertz CT molecular complexity index is 251. The van der Waals surface area contributed by atoms with E-state index < -0.39 is 12.9 Å². The van der Waals surface area contributed by atoms with E-state index in [0.717, 1.165) is 19.3 Å². The van der Waals surface area contributed by atoms with Crippen molar-refractivity contribution >= 4 is 41.7 Å². The van der Waals surface area contributed by atoms with Crippen LogP contribution in [0.2, 0.25) is 0 Å². The van der Waals surface area contributed by atoms with Crippen LogP contribution in [0.15, 0.2) is 0 Å². The van der Waals surface area contributed by atoms with Crippen LogP contribution in [-0.4, -0.2) is 17.2 Å². The van der Waals surface area contributed by atoms with Gasteiger partial charge in [-0.1, -0.05) is 83.7 Å². The standard InChI is InChI=1S/C11H22Br2O2S/c1-2-3-4-5-6-7-8-9-10-16(14,15)11(12)13/h11H,2-10H2,1H3. The molecule has 0 aliphatic heterocycles. The van der Waals surface area contributed by atoms with Gasteiger partial charge in [0.25, 0.3) is 0 Å². The summed E-state index contributed by atoms with van der Waals surface area (Å²) in [7, 11) is -2.97. The Hall–Kier alpha value is 0.910. The smallest absolute Gasteiger partial charge is 0.173 e. The van der Waals surface area contributed by atoms with Crippen molar-refractivity contribution in [2.75, 3.05) is 5.75 Å². The molecule has 0 aromatic carbocycles. The third-order valence-electron chi connectivity index (χ3n) is 2.55. The zero-order valence-electron chi connectivity index (χ0n) is 9.92. The predicted octanol–water partition coefficient (Wildman–Crippen LogP) is 4.62. The fraction of sp³-hybridized carbons (Fsp3) is 1.00. The third-order valence-corrected chi connectivity index (χ3v) is 7.37. The van der Waals surface area contributed by atoms with Gasteiger partial charge >= 0.3 is 0 Å². The molecule has 0 heterocycles. The molecule has 0 aromatic rings. The highest BCUT2D eigenvalue weighted by Crippen LogP contribution is 2.18. The summed E-state index contributed by atoms with van der Waals surface area (Å²) in [6.07, 6.45) is 9.42. The van der Waals surface area contributed by atoms with E-state index >= 15 is 0 Å². The van der Waals surface area contributed by atoms with Gasteiger partial charge in [0, 0.05) is 0 Å². The van der Waals surface area contributed by atoms with Gasteiger partial charge in [0.15, 0.2) is 12.9 Å². The van der Waals surface area contributed by atoms with Crippen LogP contribution in [-0.2, 0) is 9.84 Å². The Balaban J connectivity index is 3.34. The minimum Gasteiger partial charge on any atom is -0.227 e. The van der Waals surface area contributed by atoms with Crippen LogP contribution >= 0.6 is 31.9 Å². The molecule has 0 unspecified atom stereocenters. The number of hydrogen-bond acceptors (Lipinski definition) is 2. The Morgan fingerprint density at radius 1 is 0.875 bits per heavy atom. The van der Waals surface area contributed by atoms with Gasteiger partial charge in [0.05, 0.1) is 5.75 Å². The first-order valence-corrected chi connectivity index (χ1v) is 9.55. The highest BCUT2D eigenvalue weighted by Gasteiger charge is 2.18. The summed E-state index contributed by atoms with van der Waals surface area (Å²) < 4.78 is 22.2. The van der Waals surface area contributed by atoms with Crippen molar-refractivity contribution in [1.29, 1.82) is 0 Å². The molecule has 0 N–H and O–H groups in total. The second-order valence-corrected chi connectivity index (χ2v) is 10.6. The molecule has 0 spiro atoms. The molecular weight excluding hydrogens is 356 g/mol. The lowest BCUT2D eigenvalue weighted by Crippen LogP contribution is -2.12. The average molecular weight is 378 g/mol. The molecule has 5 heteroatoms. The predicted molar refractivity (Wildman–Crippen MR) is 78.0 cm³/mol. The van der Waals surface area contributed by atoms with Crippen LogP contribution in [0.3, 0.4) is 0 Å². The summed E-state index contributed by atoms with van der Waals surface area (Å²) in [6.45, 7) is 2.21. The van der Waals surface area contributed by atoms with Crippen molar-refractivity contribution in [2.24, 2.45) is 0 Å². The molecule has 0 saturated heterocycles. The lowest BCUT2D eigenvalue weighted by atomic mass is 10.1. The molecule has 16 heavy (non-hydrogen) atoms. The van der Waals surface area contributed by atoms with E-state index in [-0.39, 0.29) is 5.75 Å². The van der Waals surface area contributed by atoms with Crippen LogP contribution < -0.4 is 0 Å². The first-order chi connectivity index (χ1) is 7.50. The summed E-state index contributed by atoms with van der Waals surface area (Å²) in [4.78, 5) is 0. The van der Waals surface area contributed by atoms with Gasteiger partial charge in [-0.25, -0.2) is 8.42 Å². The third kappa shape index (κ3) is 8.99. The molecule has 0 rings (SSSR count). The highest BCUT2D eigenvalue weighted by molar-refractivity contribution is 9.27. The number of unbranched alkanes of at least 4 members (excludes halogenated alkanes) is 7. The van der Waals surface area contributed by atoms with Crippen LogP contribution in [0.4, 0.5) is 0 Å². The number of alkyl halides is 2. The SMILES string of the molecule is CCCCCCCCCCS(=O)(=O)C(Br)Br. The maximum Gasteiger partial charge on any atom is 0.173 e. The fourth-order valence-corrected chi connectivity index (χ4v) is 3.43. The Morgan fingerprint density at radius 3 is 1.75 bits per heavy atom. The van der Waals surface area contributed by atoms with Crippen LogP contribution in [0.1, 0.15) is 58.3 Å². The van der Waals surface area contributed by atoms with E-state index in [4.69, 9.17) is 0 Å². The number of sulfone groups is 1. The molecule has 0 aliphatic carbocycles. The van der Waals surface area contributed by atoms with E-state index in [9.17, 15) is 8.42 Å². The number of rotatable bonds is 10. The first kappa shape index (κ1) is 16.9. The molecule has 2 nitrogen and oxygen atoms in total. The summed E-state index contributed by atoms with van der Waals surface area (Å²) in [6, 6.07) is 0. The Morgan fingerprint density at radius 2 is 1.31 bits per heavy atom. The second-order valence-electron chi connectivity index (χ2n) is 4.10. The largest absolute Gasteiger partial charge is 0.227 e. The van der Waals surface area contributed by atoms with Crippen LogP contribution in [0.5, 0.6) is 0 Å². The van der Waals surface area contributed by atoms with Crippen LogP contribution in [0, 0.1) is 0 Å². The number of hydrogen-bond donors (Lipinski definition) is 0. The molecule has 0 amide bonds. The van der Waals surface area contributed by atoms with Crippen molar-refractivity contribution < 1.29 is 8.42 Å².